The van der Waals surface area contributed by atoms with E-state index < -0.39 is 10.0 Å². The van der Waals surface area contributed by atoms with Crippen LogP contribution in [0.25, 0.3) is 33.3 Å². The fourth-order valence-corrected chi connectivity index (χ4v) is 7.12. The van der Waals surface area contributed by atoms with Crippen molar-refractivity contribution in [2.75, 3.05) is 41.2 Å². The van der Waals surface area contributed by atoms with Gasteiger partial charge in [0.2, 0.25) is 0 Å². The van der Waals surface area contributed by atoms with Crippen LogP contribution in [0.3, 0.4) is 0 Å². The van der Waals surface area contributed by atoms with Crippen molar-refractivity contribution in [2.45, 2.75) is 4.90 Å². The Morgan fingerprint density at radius 1 is 0.729 bits per heavy atom. The topological polar surface area (TPSA) is 101 Å². The van der Waals surface area contributed by atoms with Gasteiger partial charge in [0.25, 0.3) is 15.9 Å². The number of amides is 1. The summed E-state index contributed by atoms with van der Waals surface area (Å²) in [6.45, 7) is 2.22. The molecule has 48 heavy (non-hydrogen) atoms. The normalized spacial score (nSPS) is 13.3. The van der Waals surface area contributed by atoms with Gasteiger partial charge < -0.3 is 15.0 Å². The lowest BCUT2D eigenvalue weighted by Gasteiger charge is -2.31. The number of halogens is 1. The maximum Gasteiger partial charge on any atom is 0.262 e. The van der Waals surface area contributed by atoms with E-state index in [1.165, 1.54) is 12.1 Å². The molecule has 7 rings (SSSR count). The van der Waals surface area contributed by atoms with Crippen LogP contribution in [0.1, 0.15) is 10.4 Å². The molecule has 6 aromatic rings. The third-order valence-electron chi connectivity index (χ3n) is 8.25. The summed E-state index contributed by atoms with van der Waals surface area (Å²) in [5, 5.41) is 4.00. The Morgan fingerprint density at radius 3 is 2.17 bits per heavy atom. The van der Waals surface area contributed by atoms with Crippen LogP contribution >= 0.6 is 11.6 Å². The average molecular weight is 675 g/mol. The number of benzene rings is 5. The van der Waals surface area contributed by atoms with E-state index in [4.69, 9.17) is 21.3 Å². The third-order valence-corrected chi connectivity index (χ3v) is 9.94. The maximum absolute atomic E-state index is 14.2. The monoisotopic (exact) mass is 674 g/mol. The van der Waals surface area contributed by atoms with E-state index in [1.54, 1.807) is 36.4 Å². The van der Waals surface area contributed by atoms with Crippen LogP contribution in [0.5, 0.6) is 0 Å². The van der Waals surface area contributed by atoms with Crippen LogP contribution in [0, 0.1) is 0 Å². The summed E-state index contributed by atoms with van der Waals surface area (Å²) in [7, 11) is -4.05. The van der Waals surface area contributed by atoms with Gasteiger partial charge in [0.15, 0.2) is 0 Å². The zero-order valence-corrected chi connectivity index (χ0v) is 27.3. The number of carbonyl (C=O) groups excluding carboxylic acids is 1. The molecule has 0 radical (unpaired) electrons. The first-order valence-electron chi connectivity index (χ1n) is 15.5. The van der Waals surface area contributed by atoms with Crippen LogP contribution in [-0.2, 0) is 14.8 Å². The van der Waals surface area contributed by atoms with E-state index in [1.807, 2.05) is 66.7 Å². The third kappa shape index (κ3) is 6.61. The van der Waals surface area contributed by atoms with E-state index in [0.29, 0.717) is 59.8 Å². The van der Waals surface area contributed by atoms with Crippen molar-refractivity contribution in [3.8, 4) is 22.4 Å². The summed E-state index contributed by atoms with van der Waals surface area (Å²) in [6, 6.07) is 38.8. The molecule has 8 nitrogen and oxygen atoms in total. The van der Waals surface area contributed by atoms with Crippen molar-refractivity contribution in [1.29, 1.82) is 0 Å². The van der Waals surface area contributed by atoms with Gasteiger partial charge in [-0.25, -0.2) is 13.4 Å². The van der Waals surface area contributed by atoms with Crippen LogP contribution in [-0.4, -0.2) is 45.6 Å². The molecule has 1 amide bonds. The van der Waals surface area contributed by atoms with Gasteiger partial charge in [-0.1, -0.05) is 96.5 Å². The largest absolute Gasteiger partial charge is 0.378 e. The highest BCUT2D eigenvalue weighted by atomic mass is 35.5. The van der Waals surface area contributed by atoms with Crippen LogP contribution in [0.2, 0.25) is 5.02 Å². The SMILES string of the molecule is O=C(Nc1cc(S(=O)(=O)Nc2ccccc2Cl)ccc1N1CCOCC1)c1cc(-c2ccc(-c3ccccc3)cc2)nc2ccccc12. The first-order valence-corrected chi connectivity index (χ1v) is 17.3. The average Bonchev–Trinajstić information content (AvgIpc) is 3.13. The molecule has 0 unspecified atom stereocenters. The Balaban J connectivity index is 1.26. The second-order valence-corrected chi connectivity index (χ2v) is 13.4. The van der Waals surface area contributed by atoms with Crippen molar-refractivity contribution in [1.82, 2.24) is 4.98 Å². The molecule has 0 spiro atoms. The first kappa shape index (κ1) is 31.4. The van der Waals surface area contributed by atoms with E-state index >= 15 is 0 Å². The molecule has 5 aromatic carbocycles. The minimum Gasteiger partial charge on any atom is -0.378 e. The van der Waals surface area contributed by atoms with Crippen LogP contribution < -0.4 is 14.9 Å². The fourth-order valence-electron chi connectivity index (χ4n) is 5.77. The lowest BCUT2D eigenvalue weighted by Crippen LogP contribution is -2.36. The summed E-state index contributed by atoms with van der Waals surface area (Å²) in [5.41, 5.74) is 6.09. The van der Waals surface area contributed by atoms with E-state index in [9.17, 15) is 13.2 Å². The fraction of sp³-hybridized carbons (Fsp3) is 0.105. The molecule has 10 heteroatoms. The van der Waals surface area contributed by atoms with Gasteiger partial charge >= 0.3 is 0 Å². The number of ether oxygens (including phenoxy) is 1. The van der Waals surface area contributed by atoms with Gasteiger partial charge in [0.05, 0.1) is 57.0 Å². The van der Waals surface area contributed by atoms with Crippen LogP contribution in [0.15, 0.2) is 132 Å². The molecule has 1 aliphatic heterocycles. The lowest BCUT2D eigenvalue weighted by molar-refractivity contribution is 0.102. The van der Waals surface area contributed by atoms with Gasteiger partial charge in [-0.3, -0.25) is 9.52 Å². The van der Waals surface area contributed by atoms with Gasteiger partial charge in [0, 0.05) is 24.0 Å². The molecule has 1 aliphatic rings. The van der Waals surface area contributed by atoms with Gasteiger partial charge in [-0.2, -0.15) is 0 Å². The first-order chi connectivity index (χ1) is 23.4. The second kappa shape index (κ2) is 13.5. The lowest BCUT2D eigenvalue weighted by atomic mass is 10.0. The van der Waals surface area contributed by atoms with Crippen molar-refractivity contribution >= 4 is 55.5 Å². The Hall–Kier alpha value is -5.22. The number of sulfonamides is 1. The zero-order chi connectivity index (χ0) is 33.1. The summed E-state index contributed by atoms with van der Waals surface area (Å²) in [5.74, 6) is -0.390. The number of para-hydroxylation sites is 2. The highest BCUT2D eigenvalue weighted by Gasteiger charge is 2.23. The number of hydrogen-bond acceptors (Lipinski definition) is 6. The number of nitrogens with one attached hydrogen (secondary N) is 2. The van der Waals surface area contributed by atoms with Crippen molar-refractivity contribution in [2.24, 2.45) is 0 Å². The summed E-state index contributed by atoms with van der Waals surface area (Å²) < 4.78 is 35.1. The van der Waals surface area contributed by atoms with Crippen LogP contribution in [0.4, 0.5) is 17.1 Å². The summed E-state index contributed by atoms with van der Waals surface area (Å²) in [4.78, 5) is 21.2. The number of carbonyl (C=O) groups is 1. The standard InChI is InChI=1S/C38H31ClN4O4S/c39-32-11-5-7-13-34(32)42-48(45,46)29-18-19-37(43-20-22-47-23-21-43)36(24-29)41-38(44)31-25-35(40-33-12-6-4-10-30(31)33)28-16-14-27(15-17-28)26-8-2-1-3-9-26/h1-19,24-25,42H,20-23H2,(H,41,44). The molecule has 0 atom stereocenters. The minimum atomic E-state index is -4.05. The second-order valence-electron chi connectivity index (χ2n) is 11.3. The number of nitrogens with zero attached hydrogens (tertiary/aromatic N) is 2. The molecule has 1 aromatic heterocycles. The number of morpholine rings is 1. The Kier molecular flexibility index (Phi) is 8.82. The van der Waals surface area contributed by atoms with E-state index in [-0.39, 0.29) is 21.5 Å². The molecule has 1 fully saturated rings. The Bertz CT molecular complexity index is 2220. The van der Waals surface area contributed by atoms with Gasteiger partial charge in [0.1, 0.15) is 0 Å². The molecular formula is C38H31ClN4O4S. The van der Waals surface area contributed by atoms with Gasteiger partial charge in [-0.05, 0) is 53.6 Å². The predicted molar refractivity (Wildman–Crippen MR) is 192 cm³/mol. The maximum atomic E-state index is 14.2. The smallest absolute Gasteiger partial charge is 0.262 e. The van der Waals surface area contributed by atoms with E-state index in [0.717, 1.165) is 16.7 Å². The Labute approximate surface area is 284 Å². The zero-order valence-electron chi connectivity index (χ0n) is 25.8. The van der Waals surface area contributed by atoms with Gasteiger partial charge in [-0.15, -0.1) is 0 Å². The number of hydrogen-bond donors (Lipinski definition) is 2. The number of rotatable bonds is 8. The number of pyridine rings is 1. The van der Waals surface area contributed by atoms with Crippen molar-refractivity contribution < 1.29 is 17.9 Å². The molecule has 1 saturated heterocycles. The molecule has 0 bridgehead atoms. The molecule has 0 aliphatic carbocycles. The van der Waals surface area contributed by atoms with Crippen molar-refractivity contribution in [3.05, 3.63) is 138 Å². The number of fused-ring (bicyclic) bond motifs is 1. The summed E-state index contributed by atoms with van der Waals surface area (Å²) in [6.07, 6.45) is 0. The van der Waals surface area contributed by atoms with E-state index in [2.05, 4.69) is 27.1 Å². The molecule has 0 saturated carbocycles. The predicted octanol–water partition coefficient (Wildman–Crippen LogP) is 8.11. The van der Waals surface area contributed by atoms with Crippen molar-refractivity contribution in [3.63, 3.8) is 0 Å². The number of aromatic nitrogens is 1. The quantitative estimate of drug-likeness (QED) is 0.169. The highest BCUT2D eigenvalue weighted by molar-refractivity contribution is 7.92. The molecule has 2 N–H and O–H groups in total. The Morgan fingerprint density at radius 2 is 1.40 bits per heavy atom. The molecule has 240 valence electrons. The summed E-state index contributed by atoms with van der Waals surface area (Å²) >= 11 is 6.25. The molecular weight excluding hydrogens is 644 g/mol. The molecule has 2 heterocycles. The highest BCUT2D eigenvalue weighted by Crippen LogP contribution is 2.33. The minimum absolute atomic E-state index is 0.0199. The number of anilines is 3.